The summed E-state index contributed by atoms with van der Waals surface area (Å²) in [5.74, 6) is -1.40. The minimum absolute atomic E-state index is 0.306. The van der Waals surface area contributed by atoms with Crippen molar-refractivity contribution in [2.75, 3.05) is 6.54 Å². The molecule has 0 aliphatic carbocycles. The van der Waals surface area contributed by atoms with Crippen molar-refractivity contribution in [1.29, 1.82) is 0 Å². The van der Waals surface area contributed by atoms with E-state index in [1.165, 1.54) is 19.1 Å². The molecule has 18 heavy (non-hydrogen) atoms. The van der Waals surface area contributed by atoms with Crippen LogP contribution in [0.15, 0.2) is 24.3 Å². The highest BCUT2D eigenvalue weighted by atomic mass is 19.1. The maximum absolute atomic E-state index is 12.6. The number of carbonyl (C=O) groups excluding carboxylic acids is 1. The van der Waals surface area contributed by atoms with Gasteiger partial charge in [0.05, 0.1) is 0 Å². The molecule has 0 unspecified atom stereocenters. The van der Waals surface area contributed by atoms with E-state index < -0.39 is 18.0 Å². The van der Waals surface area contributed by atoms with E-state index in [-0.39, 0.29) is 5.82 Å². The highest BCUT2D eigenvalue weighted by molar-refractivity contribution is 5.82. The van der Waals surface area contributed by atoms with E-state index in [9.17, 15) is 14.0 Å². The quantitative estimate of drug-likeness (QED) is 0.737. The number of nitrogens with one attached hydrogen (secondary N) is 2. The number of amides is 2. The second-order valence-electron chi connectivity index (χ2n) is 3.84. The largest absolute Gasteiger partial charge is 0.480 e. The topological polar surface area (TPSA) is 78.4 Å². The number of urea groups is 1. The van der Waals surface area contributed by atoms with Crippen molar-refractivity contribution in [3.8, 4) is 0 Å². The van der Waals surface area contributed by atoms with Gasteiger partial charge in [0.15, 0.2) is 0 Å². The van der Waals surface area contributed by atoms with Crippen molar-refractivity contribution >= 4 is 12.0 Å². The fourth-order valence-corrected chi connectivity index (χ4v) is 1.28. The van der Waals surface area contributed by atoms with E-state index >= 15 is 0 Å². The predicted octanol–water partition coefficient (Wildman–Crippen LogP) is 1.14. The zero-order chi connectivity index (χ0) is 13.5. The SMILES string of the molecule is C[C@H](NC(=O)NCCc1ccc(F)cc1)C(=O)O. The normalized spacial score (nSPS) is 11.7. The molecule has 1 aromatic carbocycles. The number of carbonyl (C=O) groups is 2. The van der Waals surface area contributed by atoms with Crippen molar-refractivity contribution in [2.45, 2.75) is 19.4 Å². The number of hydrogen-bond acceptors (Lipinski definition) is 2. The number of hydrogen-bond donors (Lipinski definition) is 3. The van der Waals surface area contributed by atoms with Crippen LogP contribution in [0.2, 0.25) is 0 Å². The van der Waals surface area contributed by atoms with Crippen LogP contribution in [0.25, 0.3) is 0 Å². The Morgan fingerprint density at radius 1 is 1.33 bits per heavy atom. The van der Waals surface area contributed by atoms with Crippen LogP contribution in [0.3, 0.4) is 0 Å². The van der Waals surface area contributed by atoms with Gasteiger partial charge in [0.2, 0.25) is 0 Å². The molecule has 0 aliphatic rings. The van der Waals surface area contributed by atoms with Gasteiger partial charge in [-0.15, -0.1) is 0 Å². The summed E-state index contributed by atoms with van der Waals surface area (Å²) in [4.78, 5) is 21.7. The lowest BCUT2D eigenvalue weighted by atomic mass is 10.1. The van der Waals surface area contributed by atoms with Gasteiger partial charge < -0.3 is 15.7 Å². The summed E-state index contributed by atoms with van der Waals surface area (Å²) >= 11 is 0. The summed E-state index contributed by atoms with van der Waals surface area (Å²) in [7, 11) is 0. The van der Waals surface area contributed by atoms with Gasteiger partial charge in [-0.25, -0.2) is 9.18 Å². The lowest BCUT2D eigenvalue weighted by Crippen LogP contribution is -2.44. The fourth-order valence-electron chi connectivity index (χ4n) is 1.28. The van der Waals surface area contributed by atoms with Crippen LogP contribution in [0, 0.1) is 5.82 Å². The van der Waals surface area contributed by atoms with Crippen LogP contribution in [0.5, 0.6) is 0 Å². The molecule has 0 bridgehead atoms. The summed E-state index contributed by atoms with van der Waals surface area (Å²) in [5, 5.41) is 13.4. The molecule has 0 heterocycles. The first kappa shape index (κ1) is 14.0. The second-order valence-corrected chi connectivity index (χ2v) is 3.84. The first-order valence-corrected chi connectivity index (χ1v) is 5.50. The number of benzene rings is 1. The van der Waals surface area contributed by atoms with Gasteiger partial charge >= 0.3 is 12.0 Å². The first-order valence-electron chi connectivity index (χ1n) is 5.50. The molecule has 0 aliphatic heterocycles. The van der Waals surface area contributed by atoms with Crippen LogP contribution >= 0.6 is 0 Å². The van der Waals surface area contributed by atoms with Gasteiger partial charge in [0, 0.05) is 6.54 Å². The third-order valence-electron chi connectivity index (χ3n) is 2.33. The lowest BCUT2D eigenvalue weighted by Gasteiger charge is -2.10. The van der Waals surface area contributed by atoms with Gasteiger partial charge in [-0.1, -0.05) is 12.1 Å². The Balaban J connectivity index is 2.27. The summed E-state index contributed by atoms with van der Waals surface area (Å²) in [6, 6.07) is 4.50. The molecule has 1 rings (SSSR count). The third kappa shape index (κ3) is 4.82. The Morgan fingerprint density at radius 3 is 2.50 bits per heavy atom. The van der Waals surface area contributed by atoms with Gasteiger partial charge in [0.1, 0.15) is 11.9 Å². The van der Waals surface area contributed by atoms with Gasteiger partial charge in [-0.2, -0.15) is 0 Å². The summed E-state index contributed by atoms with van der Waals surface area (Å²) in [6.45, 7) is 1.73. The Hall–Kier alpha value is -2.11. The number of rotatable bonds is 5. The lowest BCUT2D eigenvalue weighted by molar-refractivity contribution is -0.138. The van der Waals surface area contributed by atoms with E-state index in [1.54, 1.807) is 12.1 Å². The van der Waals surface area contributed by atoms with E-state index in [0.717, 1.165) is 5.56 Å². The number of carboxylic acids is 1. The molecule has 1 atom stereocenters. The fraction of sp³-hybridized carbons (Fsp3) is 0.333. The maximum Gasteiger partial charge on any atom is 0.325 e. The van der Waals surface area contributed by atoms with E-state index in [0.29, 0.717) is 13.0 Å². The third-order valence-corrected chi connectivity index (χ3v) is 2.33. The van der Waals surface area contributed by atoms with Crippen molar-refractivity contribution in [2.24, 2.45) is 0 Å². The second kappa shape index (κ2) is 6.58. The molecule has 5 nitrogen and oxygen atoms in total. The Labute approximate surface area is 104 Å². The van der Waals surface area contributed by atoms with Crippen LogP contribution in [-0.4, -0.2) is 29.7 Å². The molecule has 0 radical (unpaired) electrons. The smallest absolute Gasteiger partial charge is 0.325 e. The predicted molar refractivity (Wildman–Crippen MR) is 63.7 cm³/mol. The van der Waals surface area contributed by atoms with E-state index in [4.69, 9.17) is 5.11 Å². The molecule has 6 heteroatoms. The molecule has 0 saturated heterocycles. The first-order chi connectivity index (χ1) is 8.49. The standard InChI is InChI=1S/C12H15FN2O3/c1-8(11(16)17)15-12(18)14-7-6-9-2-4-10(13)5-3-9/h2-5,8H,6-7H2,1H3,(H,16,17)(H2,14,15,18)/t8-/m0/s1. The molecule has 0 saturated carbocycles. The van der Waals surface area contributed by atoms with Crippen LogP contribution < -0.4 is 10.6 Å². The number of halogens is 1. The maximum atomic E-state index is 12.6. The molecular weight excluding hydrogens is 239 g/mol. The minimum Gasteiger partial charge on any atom is -0.480 e. The molecule has 3 N–H and O–H groups in total. The zero-order valence-corrected chi connectivity index (χ0v) is 9.94. The number of aliphatic carboxylic acids is 1. The van der Waals surface area contributed by atoms with Crippen molar-refractivity contribution in [1.82, 2.24) is 10.6 Å². The van der Waals surface area contributed by atoms with Crippen molar-refractivity contribution < 1.29 is 19.1 Å². The minimum atomic E-state index is -1.09. The van der Waals surface area contributed by atoms with Crippen molar-refractivity contribution in [3.63, 3.8) is 0 Å². The average Bonchev–Trinajstić information content (AvgIpc) is 2.31. The molecule has 0 spiro atoms. The van der Waals surface area contributed by atoms with Gasteiger partial charge in [-0.05, 0) is 31.0 Å². The number of carboxylic acid groups (broad SMARTS) is 1. The van der Waals surface area contributed by atoms with Gasteiger partial charge in [-0.3, -0.25) is 4.79 Å². The molecular formula is C12H15FN2O3. The molecule has 2 amide bonds. The van der Waals surface area contributed by atoms with Crippen LogP contribution in [0.4, 0.5) is 9.18 Å². The van der Waals surface area contributed by atoms with E-state index in [2.05, 4.69) is 10.6 Å². The summed E-state index contributed by atoms with van der Waals surface area (Å²) < 4.78 is 12.6. The van der Waals surface area contributed by atoms with Gasteiger partial charge in [0.25, 0.3) is 0 Å². The molecule has 0 fully saturated rings. The molecule has 98 valence electrons. The summed E-state index contributed by atoms with van der Waals surface area (Å²) in [6.07, 6.45) is 0.551. The Kier molecular flexibility index (Phi) is 5.10. The Bertz CT molecular complexity index is 420. The summed E-state index contributed by atoms with van der Waals surface area (Å²) in [5.41, 5.74) is 0.892. The van der Waals surface area contributed by atoms with Crippen LogP contribution in [0.1, 0.15) is 12.5 Å². The highest BCUT2D eigenvalue weighted by Gasteiger charge is 2.12. The highest BCUT2D eigenvalue weighted by Crippen LogP contribution is 2.02. The monoisotopic (exact) mass is 254 g/mol. The van der Waals surface area contributed by atoms with Crippen LogP contribution in [-0.2, 0) is 11.2 Å². The van der Waals surface area contributed by atoms with Crippen molar-refractivity contribution in [3.05, 3.63) is 35.6 Å². The Morgan fingerprint density at radius 2 is 1.94 bits per heavy atom. The van der Waals surface area contributed by atoms with E-state index in [1.807, 2.05) is 0 Å². The molecule has 1 aromatic rings. The average molecular weight is 254 g/mol. The molecule has 0 aromatic heterocycles. The zero-order valence-electron chi connectivity index (χ0n) is 9.94.